The summed E-state index contributed by atoms with van der Waals surface area (Å²) in [7, 11) is 0. The van der Waals surface area contributed by atoms with Crippen molar-refractivity contribution in [3.8, 4) is 0 Å². The molecule has 0 aliphatic heterocycles. The highest BCUT2D eigenvalue weighted by Crippen LogP contribution is 2.32. The summed E-state index contributed by atoms with van der Waals surface area (Å²) in [6.07, 6.45) is 0. The lowest BCUT2D eigenvalue weighted by Gasteiger charge is -2.09. The van der Waals surface area contributed by atoms with Crippen molar-refractivity contribution >= 4 is 63.8 Å². The van der Waals surface area contributed by atoms with Crippen LogP contribution in [0.25, 0.3) is 0 Å². The van der Waals surface area contributed by atoms with Gasteiger partial charge in [-0.3, -0.25) is 4.79 Å². The Morgan fingerprint density at radius 2 is 1.40 bits per heavy atom. The zero-order valence-electron chi connectivity index (χ0n) is 10.6. The molecule has 0 bridgehead atoms. The lowest BCUT2D eigenvalue weighted by atomic mass is 10.2. The van der Waals surface area contributed by atoms with Gasteiger partial charge in [-0.15, -0.1) is 12.4 Å². The number of para-hydroxylation sites is 2. The van der Waals surface area contributed by atoms with Gasteiger partial charge >= 0.3 is 0 Å². The SMILES string of the molecule is CC(=O)Cl.Cl.Clc1cccc(Cl)c1Nc1ccccc1. The summed E-state index contributed by atoms with van der Waals surface area (Å²) >= 11 is 16.7. The fraction of sp³-hybridized carbons (Fsp3) is 0.0714. The topological polar surface area (TPSA) is 29.1 Å². The highest BCUT2D eigenvalue weighted by atomic mass is 35.5. The lowest BCUT2D eigenvalue weighted by molar-refractivity contribution is -0.109. The van der Waals surface area contributed by atoms with Crippen molar-refractivity contribution in [2.75, 3.05) is 5.32 Å². The second-order valence-corrected chi connectivity index (χ2v) is 4.90. The van der Waals surface area contributed by atoms with Gasteiger partial charge in [0.15, 0.2) is 0 Å². The molecule has 2 aromatic carbocycles. The summed E-state index contributed by atoms with van der Waals surface area (Å²) in [6.45, 7) is 1.29. The van der Waals surface area contributed by atoms with Gasteiger partial charge in [0.25, 0.3) is 0 Å². The van der Waals surface area contributed by atoms with Crippen LogP contribution in [0.15, 0.2) is 48.5 Å². The molecule has 2 nitrogen and oxygen atoms in total. The summed E-state index contributed by atoms with van der Waals surface area (Å²) in [4.78, 5) is 9.21. The number of carbonyl (C=O) groups is 1. The molecule has 0 saturated heterocycles. The van der Waals surface area contributed by atoms with E-state index in [-0.39, 0.29) is 17.6 Å². The van der Waals surface area contributed by atoms with E-state index in [1.165, 1.54) is 6.92 Å². The number of anilines is 2. The first-order valence-corrected chi connectivity index (χ1v) is 6.56. The van der Waals surface area contributed by atoms with Crippen molar-refractivity contribution in [2.24, 2.45) is 0 Å². The molecule has 20 heavy (non-hydrogen) atoms. The highest BCUT2D eigenvalue weighted by Gasteiger charge is 2.04. The van der Waals surface area contributed by atoms with Crippen LogP contribution in [-0.4, -0.2) is 5.24 Å². The Balaban J connectivity index is 0.000000644. The van der Waals surface area contributed by atoms with Gasteiger partial charge in [-0.25, -0.2) is 0 Å². The van der Waals surface area contributed by atoms with Gasteiger partial charge in [-0.05, 0) is 35.9 Å². The van der Waals surface area contributed by atoms with Crippen molar-refractivity contribution in [1.82, 2.24) is 0 Å². The second-order valence-electron chi connectivity index (χ2n) is 3.56. The van der Waals surface area contributed by atoms with Crippen LogP contribution >= 0.6 is 47.2 Å². The van der Waals surface area contributed by atoms with Gasteiger partial charge in [-0.2, -0.15) is 0 Å². The summed E-state index contributed by atoms with van der Waals surface area (Å²) < 4.78 is 0. The number of rotatable bonds is 2. The van der Waals surface area contributed by atoms with Crippen LogP contribution in [0.2, 0.25) is 10.0 Å². The molecule has 0 atom stereocenters. The van der Waals surface area contributed by atoms with Gasteiger partial charge in [0, 0.05) is 12.6 Å². The Labute approximate surface area is 139 Å². The van der Waals surface area contributed by atoms with Gasteiger partial charge < -0.3 is 5.32 Å². The smallest absolute Gasteiger partial charge is 0.218 e. The molecule has 6 heteroatoms. The number of hydrogen-bond acceptors (Lipinski definition) is 2. The molecule has 0 saturated carbocycles. The summed E-state index contributed by atoms with van der Waals surface area (Å²) in [5.74, 6) is 0. The minimum absolute atomic E-state index is 0. The van der Waals surface area contributed by atoms with Gasteiger partial charge in [-0.1, -0.05) is 47.5 Å². The third-order valence-corrected chi connectivity index (χ3v) is 2.64. The van der Waals surface area contributed by atoms with E-state index in [2.05, 4.69) is 16.9 Å². The first-order valence-electron chi connectivity index (χ1n) is 5.43. The van der Waals surface area contributed by atoms with Crippen molar-refractivity contribution in [3.63, 3.8) is 0 Å². The molecular weight excluding hydrogens is 340 g/mol. The van der Waals surface area contributed by atoms with Crippen molar-refractivity contribution < 1.29 is 4.79 Å². The quantitative estimate of drug-likeness (QED) is 0.678. The zero-order valence-corrected chi connectivity index (χ0v) is 13.7. The average molecular weight is 353 g/mol. The molecule has 0 heterocycles. The fourth-order valence-corrected chi connectivity index (χ4v) is 1.77. The fourth-order valence-electron chi connectivity index (χ4n) is 1.28. The Morgan fingerprint density at radius 3 is 1.85 bits per heavy atom. The summed E-state index contributed by atoms with van der Waals surface area (Å²) in [5, 5.41) is 4.05. The van der Waals surface area contributed by atoms with Crippen LogP contribution in [-0.2, 0) is 4.79 Å². The standard InChI is InChI=1S/C12H9Cl2N.C2H3ClO.ClH/c13-10-7-4-8-11(14)12(10)15-9-5-2-1-3-6-9;1-2(3)4;/h1-8,15H;1H3;1H. The first-order chi connectivity index (χ1) is 9.00. The van der Waals surface area contributed by atoms with Crippen LogP contribution < -0.4 is 5.32 Å². The number of halogens is 4. The van der Waals surface area contributed by atoms with E-state index >= 15 is 0 Å². The molecule has 0 aliphatic carbocycles. The predicted molar refractivity (Wildman–Crippen MR) is 90.0 cm³/mol. The Hall–Kier alpha value is -0.930. The van der Waals surface area contributed by atoms with Gasteiger partial charge in [0.05, 0.1) is 15.7 Å². The van der Waals surface area contributed by atoms with Crippen LogP contribution in [0, 0.1) is 0 Å². The van der Waals surface area contributed by atoms with Crippen LogP contribution in [0.3, 0.4) is 0 Å². The first kappa shape index (κ1) is 19.1. The maximum atomic E-state index is 9.21. The normalized spacial score (nSPS) is 8.80. The molecule has 2 rings (SSSR count). The molecule has 1 N–H and O–H groups in total. The van der Waals surface area contributed by atoms with E-state index in [4.69, 9.17) is 23.2 Å². The largest absolute Gasteiger partial charge is 0.353 e. The molecule has 0 radical (unpaired) electrons. The predicted octanol–water partition coefficient (Wildman–Crippen LogP) is 5.93. The third-order valence-electron chi connectivity index (χ3n) is 2.01. The second kappa shape index (κ2) is 9.89. The van der Waals surface area contributed by atoms with Crippen molar-refractivity contribution in [3.05, 3.63) is 58.6 Å². The molecule has 2 aromatic rings. The van der Waals surface area contributed by atoms with Crippen LogP contribution in [0.5, 0.6) is 0 Å². The molecular formula is C14H13Cl4NO. The summed E-state index contributed by atoms with van der Waals surface area (Å²) in [6, 6.07) is 15.2. The number of carbonyl (C=O) groups excluding carboxylic acids is 1. The molecule has 0 aromatic heterocycles. The maximum Gasteiger partial charge on any atom is 0.218 e. The number of nitrogens with one attached hydrogen (secondary N) is 1. The Morgan fingerprint density at radius 1 is 0.950 bits per heavy atom. The van der Waals surface area contributed by atoms with E-state index in [1.807, 2.05) is 36.4 Å². The van der Waals surface area contributed by atoms with E-state index in [0.717, 1.165) is 11.4 Å². The molecule has 0 aliphatic rings. The average Bonchev–Trinajstić information content (AvgIpc) is 2.35. The molecule has 0 unspecified atom stereocenters. The molecule has 108 valence electrons. The number of benzene rings is 2. The van der Waals surface area contributed by atoms with Crippen LogP contribution in [0.1, 0.15) is 6.92 Å². The minimum atomic E-state index is -0.361. The van der Waals surface area contributed by atoms with Crippen LogP contribution in [0.4, 0.5) is 11.4 Å². The van der Waals surface area contributed by atoms with E-state index in [1.54, 1.807) is 12.1 Å². The Bertz CT molecular complexity index is 522. The molecule has 0 amide bonds. The van der Waals surface area contributed by atoms with E-state index in [0.29, 0.717) is 10.0 Å². The number of hydrogen-bond donors (Lipinski definition) is 1. The Kier molecular flexibility index (Phi) is 9.43. The monoisotopic (exact) mass is 351 g/mol. The zero-order chi connectivity index (χ0) is 14.3. The third kappa shape index (κ3) is 7.01. The lowest BCUT2D eigenvalue weighted by Crippen LogP contribution is -1.91. The summed E-state index contributed by atoms with van der Waals surface area (Å²) in [5.41, 5.74) is 1.71. The van der Waals surface area contributed by atoms with E-state index in [9.17, 15) is 4.79 Å². The molecule has 0 spiro atoms. The van der Waals surface area contributed by atoms with E-state index < -0.39 is 0 Å². The maximum absolute atomic E-state index is 9.21. The van der Waals surface area contributed by atoms with Crippen molar-refractivity contribution in [1.29, 1.82) is 0 Å². The minimum Gasteiger partial charge on any atom is -0.353 e. The van der Waals surface area contributed by atoms with Crippen molar-refractivity contribution in [2.45, 2.75) is 6.92 Å². The highest BCUT2D eigenvalue weighted by molar-refractivity contribution is 6.62. The molecule has 0 fully saturated rings. The van der Waals surface area contributed by atoms with Gasteiger partial charge in [0.1, 0.15) is 0 Å². The van der Waals surface area contributed by atoms with Gasteiger partial charge in [0.2, 0.25) is 5.24 Å².